The van der Waals surface area contributed by atoms with Crippen molar-refractivity contribution in [3.05, 3.63) is 65.7 Å². The second-order valence-electron chi connectivity index (χ2n) is 10.2. The monoisotopic (exact) mass is 488 g/mol. The van der Waals surface area contributed by atoms with Crippen molar-refractivity contribution in [2.24, 2.45) is 5.41 Å². The van der Waals surface area contributed by atoms with Crippen molar-refractivity contribution in [1.82, 2.24) is 10.2 Å². The summed E-state index contributed by atoms with van der Waals surface area (Å²) in [5, 5.41) is 33.4. The van der Waals surface area contributed by atoms with Gasteiger partial charge < -0.3 is 25.3 Å². The average Bonchev–Trinajstić information content (AvgIpc) is 3.33. The number of amides is 2. The Hall–Kier alpha value is -3.41. The molecule has 2 heterocycles. The van der Waals surface area contributed by atoms with E-state index in [9.17, 15) is 25.1 Å². The molecule has 2 saturated heterocycles. The van der Waals surface area contributed by atoms with Crippen LogP contribution in [0.4, 0.5) is 5.69 Å². The maximum atomic E-state index is 13.0. The number of hydrogen-bond acceptors (Lipinski definition) is 6. The Kier molecular flexibility index (Phi) is 6.69. The van der Waals surface area contributed by atoms with Gasteiger partial charge in [0.25, 0.3) is 11.8 Å². The zero-order chi connectivity index (χ0) is 25.3. The van der Waals surface area contributed by atoms with Gasteiger partial charge in [0.2, 0.25) is 0 Å². The van der Waals surface area contributed by atoms with Gasteiger partial charge in [-0.05, 0) is 55.2 Å². The summed E-state index contributed by atoms with van der Waals surface area (Å²) < 4.78 is 0. The Labute approximate surface area is 211 Å². The number of nitrogens with zero attached hydrogens (tertiary/aromatic N) is 3. The van der Waals surface area contributed by atoms with Crippen molar-refractivity contribution in [2.75, 3.05) is 24.5 Å². The predicted molar refractivity (Wildman–Crippen MR) is 134 cm³/mol. The first-order chi connectivity index (χ1) is 17.4. The molecule has 0 radical (unpaired) electrons. The minimum absolute atomic E-state index is 0.0320. The number of anilines is 1. The van der Waals surface area contributed by atoms with Crippen LogP contribution in [0.15, 0.2) is 54.6 Å². The zero-order valence-corrected chi connectivity index (χ0v) is 20.2. The molecule has 1 spiro atoms. The quantitative estimate of drug-likeness (QED) is 0.574. The topological polar surface area (TPSA) is 117 Å². The fourth-order valence-electron chi connectivity index (χ4n) is 5.90. The van der Waals surface area contributed by atoms with Crippen LogP contribution in [-0.2, 0) is 9.59 Å². The molecule has 0 aromatic heterocycles. The highest BCUT2D eigenvalue weighted by Gasteiger charge is 2.56. The minimum Gasteiger partial charge on any atom is -0.380 e. The van der Waals surface area contributed by atoms with E-state index in [-0.39, 0.29) is 17.5 Å². The molecule has 1 saturated carbocycles. The lowest BCUT2D eigenvalue weighted by Crippen LogP contribution is -2.51. The van der Waals surface area contributed by atoms with Crippen LogP contribution in [0.2, 0.25) is 0 Å². The number of likely N-dealkylation sites (tertiary alicyclic amines) is 1. The number of hydrogen-bond donors (Lipinski definition) is 3. The molecule has 3 N–H and O–H groups in total. The van der Waals surface area contributed by atoms with Gasteiger partial charge in [0.05, 0.1) is 17.3 Å². The molecule has 0 bridgehead atoms. The minimum atomic E-state index is -1.81. The number of aliphatic hydroxyl groups excluding tert-OH is 2. The number of piperidine rings is 1. The number of rotatable bonds is 6. The average molecular weight is 489 g/mol. The molecule has 1 aliphatic carbocycles. The third-order valence-corrected chi connectivity index (χ3v) is 8.17. The fourth-order valence-corrected chi connectivity index (χ4v) is 5.90. The van der Waals surface area contributed by atoms with Crippen molar-refractivity contribution in [1.29, 1.82) is 5.26 Å². The highest BCUT2D eigenvalue weighted by atomic mass is 16.3. The van der Waals surface area contributed by atoms with E-state index in [2.05, 4.69) is 16.3 Å². The van der Waals surface area contributed by atoms with E-state index in [1.807, 2.05) is 54.6 Å². The molecule has 8 heteroatoms. The van der Waals surface area contributed by atoms with Crippen LogP contribution in [0.3, 0.4) is 0 Å². The van der Waals surface area contributed by atoms with E-state index in [1.54, 1.807) is 4.90 Å². The van der Waals surface area contributed by atoms with Crippen LogP contribution in [0.5, 0.6) is 0 Å². The van der Waals surface area contributed by atoms with E-state index < -0.39 is 24.0 Å². The number of carbonyl (C=O) groups is 2. The van der Waals surface area contributed by atoms with Gasteiger partial charge in [0.1, 0.15) is 6.07 Å². The van der Waals surface area contributed by atoms with Gasteiger partial charge in [-0.25, -0.2) is 0 Å². The predicted octanol–water partition coefficient (Wildman–Crippen LogP) is 2.12. The Bertz CT molecular complexity index is 1160. The van der Waals surface area contributed by atoms with Crippen LogP contribution in [0.25, 0.3) is 0 Å². The van der Waals surface area contributed by atoms with Gasteiger partial charge in [-0.3, -0.25) is 9.59 Å². The van der Waals surface area contributed by atoms with Crippen molar-refractivity contribution in [3.63, 3.8) is 0 Å². The summed E-state index contributed by atoms with van der Waals surface area (Å²) in [5.41, 5.74) is 2.54. The molecular formula is C28H32N4O4. The highest BCUT2D eigenvalue weighted by Crippen LogP contribution is 2.54. The summed E-state index contributed by atoms with van der Waals surface area (Å²) in [4.78, 5) is 29.5. The summed E-state index contributed by atoms with van der Waals surface area (Å²) in [6.45, 7) is 2.05. The first kappa shape index (κ1) is 24.3. The lowest BCUT2D eigenvalue weighted by molar-refractivity contribution is -0.154. The molecular weight excluding hydrogens is 456 g/mol. The molecule has 3 aliphatic rings. The van der Waals surface area contributed by atoms with Crippen molar-refractivity contribution >= 4 is 17.5 Å². The van der Waals surface area contributed by atoms with Gasteiger partial charge in [-0.1, -0.05) is 42.5 Å². The smallest absolute Gasteiger partial charge is 0.255 e. The number of nitriles is 1. The van der Waals surface area contributed by atoms with Gasteiger partial charge in [-0.15, -0.1) is 0 Å². The number of para-hydroxylation sites is 1. The van der Waals surface area contributed by atoms with E-state index in [4.69, 9.17) is 0 Å². The van der Waals surface area contributed by atoms with Crippen LogP contribution < -0.4 is 10.2 Å². The lowest BCUT2D eigenvalue weighted by atomic mass is 9.92. The summed E-state index contributed by atoms with van der Waals surface area (Å²) in [7, 11) is 0. The SMILES string of the molecule is N#Cc1ccccc1N1CCC2(CC1)CC2NC(=O)C(O)C(O)C(=O)N1CCC[C@H]1c1ccccc1. The van der Waals surface area contributed by atoms with Crippen molar-refractivity contribution < 1.29 is 19.8 Å². The lowest BCUT2D eigenvalue weighted by Gasteiger charge is -2.35. The first-order valence-corrected chi connectivity index (χ1v) is 12.7. The van der Waals surface area contributed by atoms with Crippen molar-refractivity contribution in [2.45, 2.75) is 56.4 Å². The second kappa shape index (κ2) is 9.92. The number of aliphatic hydroxyl groups is 2. The van der Waals surface area contributed by atoms with Crippen molar-refractivity contribution in [3.8, 4) is 6.07 Å². The van der Waals surface area contributed by atoms with Crippen LogP contribution in [0.1, 0.15) is 49.3 Å². The Balaban J connectivity index is 1.15. The van der Waals surface area contributed by atoms with E-state index in [0.717, 1.165) is 56.4 Å². The van der Waals surface area contributed by atoms with Gasteiger partial charge in [-0.2, -0.15) is 5.26 Å². The molecule has 5 rings (SSSR count). The number of benzene rings is 2. The van der Waals surface area contributed by atoms with E-state index >= 15 is 0 Å². The van der Waals surface area contributed by atoms with E-state index in [1.165, 1.54) is 0 Å². The first-order valence-electron chi connectivity index (χ1n) is 12.7. The van der Waals surface area contributed by atoms with E-state index in [0.29, 0.717) is 12.1 Å². The molecule has 188 valence electrons. The summed E-state index contributed by atoms with van der Waals surface area (Å²) in [6, 6.07) is 19.2. The largest absolute Gasteiger partial charge is 0.380 e. The Morgan fingerprint density at radius 3 is 2.42 bits per heavy atom. The van der Waals surface area contributed by atoms with Crippen LogP contribution >= 0.6 is 0 Å². The maximum absolute atomic E-state index is 13.0. The third kappa shape index (κ3) is 4.57. The fraction of sp³-hybridized carbons (Fsp3) is 0.464. The zero-order valence-electron chi connectivity index (χ0n) is 20.2. The second-order valence-corrected chi connectivity index (χ2v) is 10.2. The molecule has 4 atom stereocenters. The molecule has 3 unspecified atom stereocenters. The molecule has 8 nitrogen and oxygen atoms in total. The molecule has 2 amide bonds. The molecule has 2 aliphatic heterocycles. The van der Waals surface area contributed by atoms with Crippen LogP contribution in [-0.4, -0.2) is 64.8 Å². The maximum Gasteiger partial charge on any atom is 0.255 e. The Morgan fingerprint density at radius 1 is 1.00 bits per heavy atom. The molecule has 2 aromatic carbocycles. The standard InChI is InChI=1S/C28H32N4O4/c29-18-20-9-4-5-10-21(20)31-15-12-28(13-16-31)17-23(28)30-26(35)24(33)25(34)27(36)32-14-6-11-22(32)19-7-2-1-3-8-19/h1-5,7-10,22-25,33-34H,6,11-17H2,(H,30,35)/t22-,23?,24?,25?/m0/s1. The van der Waals surface area contributed by atoms with Gasteiger partial charge in [0.15, 0.2) is 12.2 Å². The summed E-state index contributed by atoms with van der Waals surface area (Å²) >= 11 is 0. The highest BCUT2D eigenvalue weighted by molar-refractivity contribution is 5.91. The normalized spacial score (nSPS) is 24.1. The Morgan fingerprint density at radius 2 is 1.69 bits per heavy atom. The number of carbonyl (C=O) groups excluding carboxylic acids is 2. The molecule has 36 heavy (non-hydrogen) atoms. The number of nitrogens with one attached hydrogen (secondary N) is 1. The van der Waals surface area contributed by atoms with Gasteiger partial charge in [0, 0.05) is 25.7 Å². The molecule has 3 fully saturated rings. The van der Waals surface area contributed by atoms with Gasteiger partial charge >= 0.3 is 0 Å². The van der Waals surface area contributed by atoms with Crippen LogP contribution in [0, 0.1) is 16.7 Å². The summed E-state index contributed by atoms with van der Waals surface area (Å²) in [6.07, 6.45) is 0.518. The molecule has 2 aromatic rings. The third-order valence-electron chi connectivity index (χ3n) is 8.17. The summed E-state index contributed by atoms with van der Waals surface area (Å²) in [5.74, 6) is -1.32.